The van der Waals surface area contributed by atoms with Gasteiger partial charge in [-0.05, 0) is 50.5 Å². The monoisotopic (exact) mass is 424 g/mol. The van der Waals surface area contributed by atoms with Crippen LogP contribution in [-0.2, 0) is 19.2 Å². The molecular formula is C21H36N4O5. The van der Waals surface area contributed by atoms with Gasteiger partial charge in [0.2, 0.25) is 17.7 Å². The van der Waals surface area contributed by atoms with Crippen LogP contribution >= 0.6 is 0 Å². The van der Waals surface area contributed by atoms with Crippen LogP contribution in [0.25, 0.3) is 0 Å². The number of rotatable bonds is 9. The molecule has 0 unspecified atom stereocenters. The summed E-state index contributed by atoms with van der Waals surface area (Å²) in [6.45, 7) is 8.71. The van der Waals surface area contributed by atoms with Gasteiger partial charge in [0.05, 0.1) is 6.04 Å². The van der Waals surface area contributed by atoms with Gasteiger partial charge < -0.3 is 26.0 Å². The molecule has 0 saturated carbocycles. The highest BCUT2D eigenvalue weighted by Crippen LogP contribution is 2.21. The second-order valence-electron chi connectivity index (χ2n) is 9.10. The topological polar surface area (TPSA) is 128 Å². The molecule has 0 radical (unpaired) electrons. The van der Waals surface area contributed by atoms with Gasteiger partial charge in [0.25, 0.3) is 0 Å². The van der Waals surface area contributed by atoms with Gasteiger partial charge in [-0.2, -0.15) is 0 Å². The van der Waals surface area contributed by atoms with E-state index < -0.39 is 30.0 Å². The summed E-state index contributed by atoms with van der Waals surface area (Å²) < 4.78 is 0. The zero-order valence-corrected chi connectivity index (χ0v) is 18.4. The van der Waals surface area contributed by atoms with Crippen LogP contribution in [0.15, 0.2) is 0 Å². The molecule has 2 rings (SSSR count). The van der Waals surface area contributed by atoms with Gasteiger partial charge in [-0.3, -0.25) is 14.4 Å². The van der Waals surface area contributed by atoms with E-state index in [1.807, 2.05) is 27.7 Å². The van der Waals surface area contributed by atoms with Crippen molar-refractivity contribution < 1.29 is 24.3 Å². The van der Waals surface area contributed by atoms with Gasteiger partial charge in [-0.25, -0.2) is 4.79 Å². The molecule has 2 fully saturated rings. The number of nitrogens with one attached hydrogen (secondary N) is 3. The van der Waals surface area contributed by atoms with Crippen molar-refractivity contribution in [3.63, 3.8) is 0 Å². The number of hydrogen-bond acceptors (Lipinski definition) is 5. The number of carboxylic acid groups (broad SMARTS) is 1. The van der Waals surface area contributed by atoms with Crippen molar-refractivity contribution in [3.8, 4) is 0 Å². The van der Waals surface area contributed by atoms with Gasteiger partial charge in [-0.1, -0.05) is 27.7 Å². The third-order valence-corrected chi connectivity index (χ3v) is 5.77. The first kappa shape index (κ1) is 24.1. The molecule has 170 valence electrons. The minimum atomic E-state index is -1.08. The van der Waals surface area contributed by atoms with Crippen molar-refractivity contribution in [1.82, 2.24) is 20.9 Å². The van der Waals surface area contributed by atoms with E-state index in [1.54, 1.807) is 0 Å². The summed E-state index contributed by atoms with van der Waals surface area (Å²) in [4.78, 5) is 51.6. The second kappa shape index (κ2) is 10.7. The number of aliphatic carboxylic acids is 1. The lowest BCUT2D eigenvalue weighted by molar-refractivity contribution is -0.145. The van der Waals surface area contributed by atoms with E-state index in [0.717, 1.165) is 19.4 Å². The van der Waals surface area contributed by atoms with Crippen LogP contribution < -0.4 is 16.0 Å². The maximum atomic E-state index is 13.2. The predicted molar refractivity (Wildman–Crippen MR) is 112 cm³/mol. The number of likely N-dealkylation sites (tertiary alicyclic amines) is 1. The van der Waals surface area contributed by atoms with Crippen molar-refractivity contribution >= 4 is 23.7 Å². The first-order valence-electron chi connectivity index (χ1n) is 11.0. The SMILES string of the molecule is CC(C)C[C@H](NC(=O)[C@@H]1CCCN1C(=O)[C@@H](NC(=O)[C@@H]1CCCN1)C(C)C)C(=O)O. The predicted octanol–water partition coefficient (Wildman–Crippen LogP) is 0.486. The smallest absolute Gasteiger partial charge is 0.326 e. The molecule has 4 atom stereocenters. The van der Waals surface area contributed by atoms with Crippen LogP contribution in [-0.4, -0.2) is 71.0 Å². The molecule has 2 heterocycles. The maximum absolute atomic E-state index is 13.2. The van der Waals surface area contributed by atoms with Crippen LogP contribution in [0.3, 0.4) is 0 Å². The van der Waals surface area contributed by atoms with Crippen LogP contribution in [0.5, 0.6) is 0 Å². The molecule has 0 bridgehead atoms. The molecule has 0 aromatic heterocycles. The molecule has 9 heteroatoms. The zero-order chi connectivity index (χ0) is 22.4. The molecule has 30 heavy (non-hydrogen) atoms. The highest BCUT2D eigenvalue weighted by Gasteiger charge is 2.40. The Labute approximate surface area is 178 Å². The first-order valence-corrected chi connectivity index (χ1v) is 11.0. The number of carboxylic acids is 1. The average molecular weight is 425 g/mol. The van der Waals surface area contributed by atoms with Crippen molar-refractivity contribution in [1.29, 1.82) is 0 Å². The summed E-state index contributed by atoms with van der Waals surface area (Å²) in [5.41, 5.74) is 0. The molecule has 2 saturated heterocycles. The van der Waals surface area contributed by atoms with Crippen LogP contribution in [0.4, 0.5) is 0 Å². The Hall–Kier alpha value is -2.16. The molecule has 3 amide bonds. The van der Waals surface area contributed by atoms with Crippen molar-refractivity contribution in [2.45, 2.75) is 84.0 Å². The van der Waals surface area contributed by atoms with E-state index in [4.69, 9.17) is 0 Å². The van der Waals surface area contributed by atoms with Gasteiger partial charge in [0.15, 0.2) is 0 Å². The number of nitrogens with zero attached hydrogens (tertiary/aromatic N) is 1. The minimum Gasteiger partial charge on any atom is -0.480 e. The highest BCUT2D eigenvalue weighted by atomic mass is 16.4. The van der Waals surface area contributed by atoms with Crippen LogP contribution in [0.2, 0.25) is 0 Å². The fourth-order valence-corrected chi connectivity index (χ4v) is 4.12. The summed E-state index contributed by atoms with van der Waals surface area (Å²) in [5.74, 6) is -2.03. The van der Waals surface area contributed by atoms with E-state index in [-0.39, 0.29) is 29.7 Å². The van der Waals surface area contributed by atoms with E-state index in [0.29, 0.717) is 25.8 Å². The Bertz CT molecular complexity index is 645. The molecular weight excluding hydrogens is 388 g/mol. The highest BCUT2D eigenvalue weighted by molar-refractivity contribution is 5.94. The Balaban J connectivity index is 2.06. The van der Waals surface area contributed by atoms with E-state index in [1.165, 1.54) is 4.90 Å². The first-order chi connectivity index (χ1) is 14.1. The lowest BCUT2D eigenvalue weighted by Crippen LogP contribution is -2.58. The normalized spacial score (nSPS) is 23.5. The molecule has 4 N–H and O–H groups in total. The maximum Gasteiger partial charge on any atom is 0.326 e. The molecule has 0 aliphatic carbocycles. The van der Waals surface area contributed by atoms with Gasteiger partial charge in [0, 0.05) is 6.54 Å². The van der Waals surface area contributed by atoms with E-state index in [2.05, 4.69) is 16.0 Å². The fraction of sp³-hybridized carbons (Fsp3) is 0.810. The summed E-state index contributed by atoms with van der Waals surface area (Å²) >= 11 is 0. The summed E-state index contributed by atoms with van der Waals surface area (Å²) in [6.07, 6.45) is 3.13. The number of hydrogen-bond donors (Lipinski definition) is 4. The minimum absolute atomic E-state index is 0.109. The average Bonchev–Trinajstić information content (AvgIpc) is 3.35. The number of amides is 3. The fourth-order valence-electron chi connectivity index (χ4n) is 4.12. The molecule has 0 aromatic carbocycles. The standard InChI is InChI=1S/C21H36N4O5/c1-12(2)11-15(21(29)30)23-19(27)16-8-6-10-25(16)20(28)17(13(3)4)24-18(26)14-7-5-9-22-14/h12-17,22H,5-11H2,1-4H3,(H,23,27)(H,24,26)(H,29,30)/t14-,15-,16-,17-/m0/s1. The molecule has 2 aliphatic heterocycles. The lowest BCUT2D eigenvalue weighted by atomic mass is 10.0. The van der Waals surface area contributed by atoms with Crippen molar-refractivity contribution in [3.05, 3.63) is 0 Å². The van der Waals surface area contributed by atoms with Gasteiger partial charge in [0.1, 0.15) is 18.1 Å². The Morgan fingerprint density at radius 2 is 1.73 bits per heavy atom. The van der Waals surface area contributed by atoms with E-state index >= 15 is 0 Å². The number of carbonyl (C=O) groups is 4. The van der Waals surface area contributed by atoms with Crippen molar-refractivity contribution in [2.24, 2.45) is 11.8 Å². The van der Waals surface area contributed by atoms with Crippen LogP contribution in [0, 0.1) is 11.8 Å². The second-order valence-corrected chi connectivity index (χ2v) is 9.10. The molecule has 9 nitrogen and oxygen atoms in total. The van der Waals surface area contributed by atoms with Crippen molar-refractivity contribution in [2.75, 3.05) is 13.1 Å². The Kier molecular flexibility index (Phi) is 8.64. The molecule has 2 aliphatic rings. The summed E-state index contributed by atoms with van der Waals surface area (Å²) in [6, 6.07) is -2.71. The summed E-state index contributed by atoms with van der Waals surface area (Å²) in [7, 11) is 0. The Morgan fingerprint density at radius 3 is 2.27 bits per heavy atom. The zero-order valence-electron chi connectivity index (χ0n) is 18.4. The van der Waals surface area contributed by atoms with Gasteiger partial charge in [-0.15, -0.1) is 0 Å². The molecule has 0 aromatic rings. The Morgan fingerprint density at radius 1 is 1.03 bits per heavy atom. The quantitative estimate of drug-likeness (QED) is 0.426. The lowest BCUT2D eigenvalue weighted by Gasteiger charge is -2.31. The third-order valence-electron chi connectivity index (χ3n) is 5.77. The third kappa shape index (κ3) is 6.17. The summed E-state index contributed by atoms with van der Waals surface area (Å²) in [5, 5.41) is 18.0. The number of carbonyl (C=O) groups excluding carboxylic acids is 3. The largest absolute Gasteiger partial charge is 0.480 e. The van der Waals surface area contributed by atoms with E-state index in [9.17, 15) is 24.3 Å². The van der Waals surface area contributed by atoms with Gasteiger partial charge >= 0.3 is 5.97 Å². The molecule has 0 spiro atoms. The van der Waals surface area contributed by atoms with Crippen LogP contribution in [0.1, 0.15) is 59.8 Å².